The SMILES string of the molecule is CCn1c(=O)sc2cc(NC(=O)c3ccc(C)c(S(=O)(=O)N4CCCCC4)c3)ccc21. The number of amides is 1. The van der Waals surface area contributed by atoms with Crippen LogP contribution in [0.15, 0.2) is 46.1 Å². The maximum atomic E-state index is 13.1. The molecule has 1 aliphatic rings. The molecule has 1 aliphatic heterocycles. The molecule has 3 aromatic rings. The molecular formula is C22H25N3O4S2. The van der Waals surface area contributed by atoms with Gasteiger partial charge in [0.05, 0.1) is 15.1 Å². The number of sulfonamides is 1. The molecule has 0 atom stereocenters. The first-order valence-corrected chi connectivity index (χ1v) is 12.6. The molecule has 2 aromatic carbocycles. The van der Waals surface area contributed by atoms with Gasteiger partial charge >= 0.3 is 4.87 Å². The van der Waals surface area contributed by atoms with E-state index in [1.165, 1.54) is 10.4 Å². The van der Waals surface area contributed by atoms with Gasteiger partial charge in [0.15, 0.2) is 0 Å². The molecule has 0 bridgehead atoms. The summed E-state index contributed by atoms with van der Waals surface area (Å²) in [6.45, 7) is 5.27. The molecule has 31 heavy (non-hydrogen) atoms. The van der Waals surface area contributed by atoms with Gasteiger partial charge in [-0.1, -0.05) is 23.8 Å². The highest BCUT2D eigenvalue weighted by Crippen LogP contribution is 2.26. The van der Waals surface area contributed by atoms with Crippen LogP contribution in [-0.4, -0.2) is 36.3 Å². The Bertz CT molecular complexity index is 1300. The smallest absolute Gasteiger partial charge is 0.308 e. The molecule has 1 aromatic heterocycles. The van der Waals surface area contributed by atoms with Gasteiger partial charge in [-0.05, 0) is 62.6 Å². The predicted octanol–water partition coefficient (Wildman–Crippen LogP) is 3.82. The monoisotopic (exact) mass is 459 g/mol. The van der Waals surface area contributed by atoms with E-state index in [0.717, 1.165) is 40.8 Å². The highest BCUT2D eigenvalue weighted by Gasteiger charge is 2.28. The van der Waals surface area contributed by atoms with Crippen molar-refractivity contribution in [3.8, 4) is 0 Å². The molecule has 7 nitrogen and oxygen atoms in total. The molecule has 1 amide bonds. The van der Waals surface area contributed by atoms with Crippen LogP contribution in [0, 0.1) is 6.92 Å². The molecule has 1 saturated heterocycles. The van der Waals surface area contributed by atoms with Gasteiger partial charge in [-0.25, -0.2) is 8.42 Å². The number of hydrogen-bond acceptors (Lipinski definition) is 5. The van der Waals surface area contributed by atoms with Crippen LogP contribution in [0.3, 0.4) is 0 Å². The number of hydrogen-bond donors (Lipinski definition) is 1. The van der Waals surface area contributed by atoms with Crippen LogP contribution in [0.1, 0.15) is 42.1 Å². The fraction of sp³-hybridized carbons (Fsp3) is 0.364. The zero-order valence-corrected chi connectivity index (χ0v) is 19.2. The van der Waals surface area contributed by atoms with Crippen molar-refractivity contribution in [3.63, 3.8) is 0 Å². The lowest BCUT2D eigenvalue weighted by Gasteiger charge is -2.26. The molecule has 164 valence electrons. The second kappa shape index (κ2) is 8.57. The minimum Gasteiger partial charge on any atom is -0.322 e. The number of anilines is 1. The van der Waals surface area contributed by atoms with Gasteiger partial charge in [-0.2, -0.15) is 4.31 Å². The van der Waals surface area contributed by atoms with Crippen molar-refractivity contribution < 1.29 is 13.2 Å². The van der Waals surface area contributed by atoms with E-state index < -0.39 is 15.9 Å². The molecule has 0 saturated carbocycles. The minimum absolute atomic E-state index is 0.0351. The van der Waals surface area contributed by atoms with Crippen LogP contribution in [0.2, 0.25) is 0 Å². The minimum atomic E-state index is -3.64. The average Bonchev–Trinajstić information content (AvgIpc) is 3.08. The van der Waals surface area contributed by atoms with Crippen molar-refractivity contribution in [3.05, 3.63) is 57.2 Å². The standard InChI is InChI=1S/C22H25N3O4S2/c1-3-25-18-10-9-17(14-19(18)30-22(25)27)23-21(26)16-8-7-15(2)20(13-16)31(28,29)24-11-5-4-6-12-24/h7-10,13-14H,3-6,11-12H2,1-2H3,(H,23,26). The van der Waals surface area contributed by atoms with Gasteiger partial charge < -0.3 is 5.32 Å². The Kier molecular flexibility index (Phi) is 6.00. The Balaban J connectivity index is 1.61. The molecule has 0 unspecified atom stereocenters. The Labute approximate surface area is 185 Å². The van der Waals surface area contributed by atoms with Crippen LogP contribution >= 0.6 is 11.3 Å². The molecule has 1 fully saturated rings. The zero-order chi connectivity index (χ0) is 22.2. The number of piperidine rings is 1. The first kappa shape index (κ1) is 21.7. The summed E-state index contributed by atoms with van der Waals surface area (Å²) in [5.41, 5.74) is 2.29. The average molecular weight is 460 g/mol. The third-order valence-electron chi connectivity index (χ3n) is 5.63. The molecule has 0 aliphatic carbocycles. The second-order valence-corrected chi connectivity index (χ2v) is 10.6. The fourth-order valence-corrected chi connectivity index (χ4v) is 6.67. The highest BCUT2D eigenvalue weighted by atomic mass is 32.2. The lowest BCUT2D eigenvalue weighted by Crippen LogP contribution is -2.36. The number of benzene rings is 2. The quantitative estimate of drug-likeness (QED) is 0.628. The molecule has 2 heterocycles. The van der Waals surface area contributed by atoms with Gasteiger partial charge in [-0.3, -0.25) is 14.2 Å². The van der Waals surface area contributed by atoms with Crippen molar-refractivity contribution in [1.29, 1.82) is 0 Å². The summed E-state index contributed by atoms with van der Waals surface area (Å²) < 4.78 is 30.2. The Morgan fingerprint density at radius 2 is 1.84 bits per heavy atom. The molecule has 0 radical (unpaired) electrons. The number of carbonyl (C=O) groups excluding carboxylic acids is 1. The molecule has 0 spiro atoms. The Morgan fingerprint density at radius 1 is 1.10 bits per heavy atom. The van der Waals surface area contributed by atoms with Crippen LogP contribution in [0.5, 0.6) is 0 Å². The first-order valence-electron chi connectivity index (χ1n) is 10.4. The van der Waals surface area contributed by atoms with E-state index in [2.05, 4.69) is 5.32 Å². The normalized spacial score (nSPS) is 15.3. The maximum Gasteiger partial charge on any atom is 0.308 e. The first-order chi connectivity index (χ1) is 14.8. The van der Waals surface area contributed by atoms with Crippen molar-refractivity contribution >= 4 is 43.2 Å². The van der Waals surface area contributed by atoms with Gasteiger partial charge in [-0.15, -0.1) is 0 Å². The topological polar surface area (TPSA) is 88.5 Å². The van der Waals surface area contributed by atoms with Crippen molar-refractivity contribution in [1.82, 2.24) is 8.87 Å². The van der Waals surface area contributed by atoms with E-state index in [1.54, 1.807) is 35.8 Å². The summed E-state index contributed by atoms with van der Waals surface area (Å²) in [5, 5.41) is 2.82. The third-order valence-corrected chi connectivity index (χ3v) is 8.61. The van der Waals surface area contributed by atoms with Crippen molar-refractivity contribution in [2.75, 3.05) is 18.4 Å². The largest absolute Gasteiger partial charge is 0.322 e. The van der Waals surface area contributed by atoms with E-state index in [1.807, 2.05) is 13.0 Å². The molecule has 1 N–H and O–H groups in total. The lowest BCUT2D eigenvalue weighted by molar-refractivity contribution is 0.102. The lowest BCUT2D eigenvalue weighted by atomic mass is 10.1. The third kappa shape index (κ3) is 4.17. The second-order valence-electron chi connectivity index (χ2n) is 7.69. The summed E-state index contributed by atoms with van der Waals surface area (Å²) in [5.74, 6) is -0.392. The Morgan fingerprint density at radius 3 is 2.55 bits per heavy atom. The number of fused-ring (bicyclic) bond motifs is 1. The summed E-state index contributed by atoms with van der Waals surface area (Å²) in [6.07, 6.45) is 2.74. The van der Waals surface area contributed by atoms with Gasteiger partial charge in [0.2, 0.25) is 10.0 Å². The number of aromatic nitrogens is 1. The van der Waals surface area contributed by atoms with Gasteiger partial charge in [0.25, 0.3) is 5.91 Å². The van der Waals surface area contributed by atoms with E-state index in [4.69, 9.17) is 0 Å². The summed E-state index contributed by atoms with van der Waals surface area (Å²) >= 11 is 1.14. The molecule has 4 rings (SSSR count). The predicted molar refractivity (Wildman–Crippen MR) is 124 cm³/mol. The number of nitrogens with zero attached hydrogens (tertiary/aromatic N) is 2. The van der Waals surface area contributed by atoms with E-state index in [-0.39, 0.29) is 15.3 Å². The van der Waals surface area contributed by atoms with E-state index >= 15 is 0 Å². The van der Waals surface area contributed by atoms with Crippen LogP contribution < -0.4 is 10.2 Å². The van der Waals surface area contributed by atoms with Crippen LogP contribution in [0.25, 0.3) is 10.2 Å². The number of rotatable bonds is 5. The Hall–Kier alpha value is -2.49. The summed E-state index contributed by atoms with van der Waals surface area (Å²) in [7, 11) is -3.64. The molecule has 9 heteroatoms. The summed E-state index contributed by atoms with van der Waals surface area (Å²) in [6, 6.07) is 10.1. The number of thiazole rings is 1. The number of carbonyl (C=O) groups is 1. The van der Waals surface area contributed by atoms with Crippen molar-refractivity contribution in [2.45, 2.75) is 44.6 Å². The number of nitrogens with one attached hydrogen (secondary N) is 1. The van der Waals surface area contributed by atoms with E-state index in [0.29, 0.717) is 30.9 Å². The van der Waals surface area contributed by atoms with Crippen molar-refractivity contribution in [2.24, 2.45) is 0 Å². The van der Waals surface area contributed by atoms with Crippen LogP contribution in [0.4, 0.5) is 5.69 Å². The maximum absolute atomic E-state index is 13.1. The van der Waals surface area contributed by atoms with Gasteiger partial charge in [0, 0.05) is 30.9 Å². The van der Waals surface area contributed by atoms with Gasteiger partial charge in [0.1, 0.15) is 0 Å². The fourth-order valence-electron chi connectivity index (χ4n) is 3.91. The van der Waals surface area contributed by atoms with E-state index in [9.17, 15) is 18.0 Å². The summed E-state index contributed by atoms with van der Waals surface area (Å²) in [4.78, 5) is 25.1. The molecular weight excluding hydrogens is 434 g/mol. The number of aryl methyl sites for hydroxylation is 2. The zero-order valence-electron chi connectivity index (χ0n) is 17.6. The highest BCUT2D eigenvalue weighted by molar-refractivity contribution is 7.89. The van der Waals surface area contributed by atoms with Crippen LogP contribution in [-0.2, 0) is 16.6 Å².